The highest BCUT2D eigenvalue weighted by atomic mass is 35.5. The Labute approximate surface area is 166 Å². The molecule has 0 aliphatic carbocycles. The highest BCUT2D eigenvalue weighted by Crippen LogP contribution is 2.29. The van der Waals surface area contributed by atoms with Gasteiger partial charge < -0.3 is 9.47 Å². The van der Waals surface area contributed by atoms with Crippen molar-refractivity contribution in [3.05, 3.63) is 71.1 Å². The predicted molar refractivity (Wildman–Crippen MR) is 105 cm³/mol. The minimum Gasteiger partial charge on any atom is -0.327 e. The van der Waals surface area contributed by atoms with Crippen LogP contribution in [0, 0.1) is 0 Å². The second kappa shape index (κ2) is 6.45. The first kappa shape index (κ1) is 16.9. The molecule has 28 heavy (non-hydrogen) atoms. The molecule has 0 saturated carbocycles. The van der Waals surface area contributed by atoms with Gasteiger partial charge in [-0.2, -0.15) is 5.10 Å². The zero-order valence-corrected chi connectivity index (χ0v) is 15.9. The topological polar surface area (TPSA) is 68.3 Å². The number of hydrogen-bond donors (Lipinski definition) is 0. The number of benzene rings is 1. The molecule has 0 bridgehead atoms. The molecule has 4 aromatic rings. The molecule has 0 radical (unpaired) electrons. The van der Waals surface area contributed by atoms with Crippen LogP contribution in [-0.4, -0.2) is 41.7 Å². The van der Waals surface area contributed by atoms with Crippen molar-refractivity contribution < 1.29 is 4.79 Å². The van der Waals surface area contributed by atoms with Gasteiger partial charge in [-0.3, -0.25) is 4.79 Å². The fourth-order valence-corrected chi connectivity index (χ4v) is 3.78. The third kappa shape index (κ3) is 2.66. The standard InChI is InChI=1S/C20H17ClN6O/c1-13-18-22-23-19(17-12-16-4-2-3-9-27(16)24-17)26(18)11-10-25(13)20(28)14-5-7-15(21)8-6-14/h2-9,12-13H,10-11H2,1H3. The highest BCUT2D eigenvalue weighted by Gasteiger charge is 2.32. The largest absolute Gasteiger partial charge is 0.327 e. The summed E-state index contributed by atoms with van der Waals surface area (Å²) in [6, 6.07) is 14.7. The molecule has 1 unspecified atom stereocenters. The number of carbonyl (C=O) groups is 1. The third-order valence-electron chi connectivity index (χ3n) is 5.14. The lowest BCUT2D eigenvalue weighted by Crippen LogP contribution is -2.41. The number of fused-ring (bicyclic) bond motifs is 2. The van der Waals surface area contributed by atoms with Crippen LogP contribution < -0.4 is 0 Å². The number of amides is 1. The first-order valence-corrected chi connectivity index (χ1v) is 9.44. The molecule has 8 heteroatoms. The van der Waals surface area contributed by atoms with Crippen molar-refractivity contribution in [1.29, 1.82) is 0 Å². The molecule has 1 aromatic carbocycles. The molecule has 1 atom stereocenters. The van der Waals surface area contributed by atoms with E-state index in [9.17, 15) is 4.79 Å². The molecule has 0 N–H and O–H groups in total. The monoisotopic (exact) mass is 392 g/mol. The van der Waals surface area contributed by atoms with Gasteiger partial charge in [0.1, 0.15) is 5.69 Å². The van der Waals surface area contributed by atoms with E-state index in [-0.39, 0.29) is 11.9 Å². The fourth-order valence-electron chi connectivity index (χ4n) is 3.66. The summed E-state index contributed by atoms with van der Waals surface area (Å²) >= 11 is 5.93. The minimum atomic E-state index is -0.185. The van der Waals surface area contributed by atoms with Crippen LogP contribution in [0.5, 0.6) is 0 Å². The predicted octanol–water partition coefficient (Wildman–Crippen LogP) is 3.46. The average molecular weight is 393 g/mol. The minimum absolute atomic E-state index is 0.0345. The van der Waals surface area contributed by atoms with E-state index in [1.807, 2.05) is 46.8 Å². The summed E-state index contributed by atoms with van der Waals surface area (Å²) in [6.07, 6.45) is 1.90. The number of halogens is 1. The molecule has 0 spiro atoms. The Morgan fingerprint density at radius 3 is 2.71 bits per heavy atom. The van der Waals surface area contributed by atoms with E-state index >= 15 is 0 Å². The number of rotatable bonds is 2. The molecular weight excluding hydrogens is 376 g/mol. The molecule has 1 amide bonds. The molecule has 3 aromatic heterocycles. The van der Waals surface area contributed by atoms with E-state index in [2.05, 4.69) is 19.9 Å². The van der Waals surface area contributed by atoms with Crippen molar-refractivity contribution in [2.24, 2.45) is 0 Å². The van der Waals surface area contributed by atoms with Crippen LogP contribution in [0.3, 0.4) is 0 Å². The second-order valence-corrected chi connectivity index (χ2v) is 7.25. The van der Waals surface area contributed by atoms with Crippen LogP contribution in [0.25, 0.3) is 17.0 Å². The van der Waals surface area contributed by atoms with Crippen molar-refractivity contribution in [3.8, 4) is 11.5 Å². The van der Waals surface area contributed by atoms with Crippen molar-refractivity contribution in [2.45, 2.75) is 19.5 Å². The normalized spacial score (nSPS) is 16.4. The van der Waals surface area contributed by atoms with Crippen molar-refractivity contribution in [2.75, 3.05) is 6.54 Å². The van der Waals surface area contributed by atoms with Crippen molar-refractivity contribution >= 4 is 23.0 Å². The van der Waals surface area contributed by atoms with Crippen LogP contribution in [-0.2, 0) is 6.54 Å². The molecule has 1 aliphatic heterocycles. The Hall–Kier alpha value is -3.19. The number of pyridine rings is 1. The number of carbonyl (C=O) groups excluding carboxylic acids is 1. The number of aromatic nitrogens is 5. The van der Waals surface area contributed by atoms with E-state index < -0.39 is 0 Å². The smallest absolute Gasteiger partial charge is 0.254 e. The Morgan fingerprint density at radius 2 is 1.93 bits per heavy atom. The van der Waals surface area contributed by atoms with Gasteiger partial charge in [0.15, 0.2) is 11.6 Å². The van der Waals surface area contributed by atoms with Crippen LogP contribution in [0.2, 0.25) is 5.02 Å². The molecule has 1 aliphatic rings. The zero-order chi connectivity index (χ0) is 19.3. The molecular formula is C20H17ClN6O. The van der Waals surface area contributed by atoms with E-state index in [1.54, 1.807) is 24.3 Å². The average Bonchev–Trinajstić information content (AvgIpc) is 3.32. The summed E-state index contributed by atoms with van der Waals surface area (Å²) in [5, 5.41) is 14.0. The van der Waals surface area contributed by atoms with Crippen molar-refractivity contribution in [3.63, 3.8) is 0 Å². The van der Waals surface area contributed by atoms with Gasteiger partial charge in [0.05, 0.1) is 11.6 Å². The SMILES string of the molecule is CC1c2nnc(-c3cc4ccccn4n3)n2CCN1C(=O)c1ccc(Cl)cc1. The molecule has 0 saturated heterocycles. The quantitative estimate of drug-likeness (QED) is 0.524. The van der Waals surface area contributed by atoms with Gasteiger partial charge in [0.2, 0.25) is 0 Å². The maximum Gasteiger partial charge on any atom is 0.254 e. The highest BCUT2D eigenvalue weighted by molar-refractivity contribution is 6.30. The fraction of sp³-hybridized carbons (Fsp3) is 0.200. The van der Waals surface area contributed by atoms with Gasteiger partial charge in [-0.25, -0.2) is 4.52 Å². The van der Waals surface area contributed by atoms with E-state index in [0.717, 1.165) is 22.9 Å². The molecule has 0 fully saturated rings. The van der Waals surface area contributed by atoms with E-state index in [0.29, 0.717) is 23.7 Å². The summed E-state index contributed by atoms with van der Waals surface area (Å²) in [5.74, 6) is 1.46. The lowest BCUT2D eigenvalue weighted by Gasteiger charge is -2.33. The van der Waals surface area contributed by atoms with Gasteiger partial charge in [0.25, 0.3) is 5.91 Å². The third-order valence-corrected chi connectivity index (χ3v) is 5.39. The Kier molecular flexibility index (Phi) is 3.91. The molecule has 7 nitrogen and oxygen atoms in total. The summed E-state index contributed by atoms with van der Waals surface area (Å²) in [5.41, 5.74) is 2.39. The zero-order valence-electron chi connectivity index (χ0n) is 15.2. The Bertz CT molecular complexity index is 1150. The summed E-state index contributed by atoms with van der Waals surface area (Å²) in [7, 11) is 0. The Balaban J connectivity index is 1.47. The van der Waals surface area contributed by atoms with Gasteiger partial charge in [0, 0.05) is 29.9 Å². The number of hydrogen-bond acceptors (Lipinski definition) is 4. The van der Waals surface area contributed by atoms with Crippen LogP contribution >= 0.6 is 11.6 Å². The van der Waals surface area contributed by atoms with Crippen LogP contribution in [0.1, 0.15) is 29.1 Å². The molecule has 140 valence electrons. The molecule has 5 rings (SSSR count). The Morgan fingerprint density at radius 1 is 1.11 bits per heavy atom. The van der Waals surface area contributed by atoms with Gasteiger partial charge in [-0.1, -0.05) is 17.7 Å². The summed E-state index contributed by atoms with van der Waals surface area (Å²) in [4.78, 5) is 14.8. The summed E-state index contributed by atoms with van der Waals surface area (Å²) < 4.78 is 3.87. The van der Waals surface area contributed by atoms with Crippen molar-refractivity contribution in [1.82, 2.24) is 29.3 Å². The maximum absolute atomic E-state index is 12.9. The maximum atomic E-state index is 12.9. The summed E-state index contributed by atoms with van der Waals surface area (Å²) in [6.45, 7) is 3.17. The number of nitrogens with zero attached hydrogens (tertiary/aromatic N) is 6. The lowest BCUT2D eigenvalue weighted by atomic mass is 10.1. The van der Waals surface area contributed by atoms with Crippen LogP contribution in [0.15, 0.2) is 54.7 Å². The van der Waals surface area contributed by atoms with E-state index in [4.69, 9.17) is 11.6 Å². The lowest BCUT2D eigenvalue weighted by molar-refractivity contribution is 0.0638. The van der Waals surface area contributed by atoms with Gasteiger partial charge in [-0.05, 0) is 49.4 Å². The first-order valence-electron chi connectivity index (χ1n) is 9.06. The first-order chi connectivity index (χ1) is 13.6. The van der Waals surface area contributed by atoms with E-state index in [1.165, 1.54) is 0 Å². The van der Waals surface area contributed by atoms with Gasteiger partial charge in [-0.15, -0.1) is 10.2 Å². The van der Waals surface area contributed by atoms with Crippen LogP contribution in [0.4, 0.5) is 0 Å². The molecule has 4 heterocycles. The van der Waals surface area contributed by atoms with Gasteiger partial charge >= 0.3 is 0 Å². The second-order valence-electron chi connectivity index (χ2n) is 6.81.